The third-order valence-electron chi connectivity index (χ3n) is 2.92. The van der Waals surface area contributed by atoms with Gasteiger partial charge in [-0.1, -0.05) is 47.1 Å². The minimum atomic E-state index is -0.0760. The SMILES string of the molecule is O=C1/C(=C/c2cc(Cl)cc(Cl)c2O)Sc2ccccc21. The van der Waals surface area contributed by atoms with E-state index in [2.05, 4.69) is 0 Å². The van der Waals surface area contributed by atoms with Crippen LogP contribution in [0.2, 0.25) is 10.0 Å². The van der Waals surface area contributed by atoms with E-state index in [4.69, 9.17) is 23.2 Å². The van der Waals surface area contributed by atoms with E-state index >= 15 is 0 Å². The molecule has 0 saturated carbocycles. The number of phenols is 1. The molecule has 1 aliphatic heterocycles. The summed E-state index contributed by atoms with van der Waals surface area (Å²) in [5.74, 6) is -0.131. The summed E-state index contributed by atoms with van der Waals surface area (Å²) >= 11 is 13.2. The maximum atomic E-state index is 12.2. The predicted molar refractivity (Wildman–Crippen MR) is 82.7 cm³/mol. The van der Waals surface area contributed by atoms with E-state index in [-0.39, 0.29) is 16.6 Å². The van der Waals surface area contributed by atoms with Crippen molar-refractivity contribution in [2.75, 3.05) is 0 Å². The molecule has 0 bridgehead atoms. The molecule has 2 aromatic carbocycles. The molecule has 3 rings (SSSR count). The van der Waals surface area contributed by atoms with Gasteiger partial charge in [0.15, 0.2) is 0 Å². The Bertz CT molecular complexity index is 754. The molecular formula is C15H8Cl2O2S. The fourth-order valence-corrected chi connectivity index (χ4v) is 3.52. The first kappa shape index (κ1) is 13.6. The molecule has 0 amide bonds. The predicted octanol–water partition coefficient (Wildman–Crippen LogP) is 5.03. The van der Waals surface area contributed by atoms with Gasteiger partial charge in [-0.3, -0.25) is 4.79 Å². The maximum absolute atomic E-state index is 12.2. The van der Waals surface area contributed by atoms with E-state index < -0.39 is 0 Å². The number of ketones is 1. The molecule has 0 radical (unpaired) electrons. The number of phenolic OH excluding ortho intramolecular Hbond substituents is 1. The number of benzene rings is 2. The smallest absolute Gasteiger partial charge is 0.200 e. The van der Waals surface area contributed by atoms with Gasteiger partial charge in [-0.25, -0.2) is 0 Å². The molecule has 0 aliphatic carbocycles. The van der Waals surface area contributed by atoms with E-state index in [1.165, 1.54) is 17.8 Å². The van der Waals surface area contributed by atoms with Crippen LogP contribution in [-0.4, -0.2) is 10.9 Å². The van der Waals surface area contributed by atoms with E-state index in [9.17, 15) is 9.90 Å². The Morgan fingerprint density at radius 1 is 1.15 bits per heavy atom. The van der Waals surface area contributed by atoms with Crippen molar-refractivity contribution < 1.29 is 9.90 Å². The van der Waals surface area contributed by atoms with Crippen molar-refractivity contribution in [3.8, 4) is 5.75 Å². The lowest BCUT2D eigenvalue weighted by Crippen LogP contribution is -1.93. The molecule has 1 aliphatic rings. The largest absolute Gasteiger partial charge is 0.506 e. The molecule has 1 N–H and O–H groups in total. The van der Waals surface area contributed by atoms with Gasteiger partial charge in [-0.2, -0.15) is 0 Å². The maximum Gasteiger partial charge on any atom is 0.200 e. The molecule has 20 heavy (non-hydrogen) atoms. The number of hydrogen-bond acceptors (Lipinski definition) is 3. The van der Waals surface area contributed by atoms with Crippen molar-refractivity contribution >= 4 is 46.8 Å². The Hall–Kier alpha value is -1.42. The van der Waals surface area contributed by atoms with Crippen LogP contribution < -0.4 is 0 Å². The minimum Gasteiger partial charge on any atom is -0.506 e. The highest BCUT2D eigenvalue weighted by atomic mass is 35.5. The third kappa shape index (κ3) is 2.33. The molecule has 0 fully saturated rings. The summed E-state index contributed by atoms with van der Waals surface area (Å²) in [4.78, 5) is 13.7. The second-order valence-electron chi connectivity index (χ2n) is 4.26. The highest BCUT2D eigenvalue weighted by Gasteiger charge is 2.25. The standard InChI is InChI=1S/C15H8Cl2O2S/c16-9-5-8(14(18)11(17)7-9)6-13-15(19)10-3-1-2-4-12(10)20-13/h1-7,18H/b13-6-. The van der Waals surface area contributed by atoms with Crippen molar-refractivity contribution in [1.82, 2.24) is 0 Å². The molecule has 2 aromatic rings. The van der Waals surface area contributed by atoms with Gasteiger partial charge in [-0.15, -0.1) is 0 Å². The van der Waals surface area contributed by atoms with Gasteiger partial charge < -0.3 is 5.11 Å². The molecule has 1 heterocycles. The highest BCUT2D eigenvalue weighted by Crippen LogP contribution is 2.42. The second kappa shape index (κ2) is 5.17. The topological polar surface area (TPSA) is 37.3 Å². The number of hydrogen-bond donors (Lipinski definition) is 1. The van der Waals surface area contributed by atoms with Gasteiger partial charge in [0, 0.05) is 21.0 Å². The Balaban J connectivity index is 2.06. The first-order valence-corrected chi connectivity index (χ1v) is 7.35. The Kier molecular flexibility index (Phi) is 3.50. The lowest BCUT2D eigenvalue weighted by Gasteiger charge is -2.03. The average Bonchev–Trinajstić information content (AvgIpc) is 2.73. The molecular weight excluding hydrogens is 315 g/mol. The zero-order valence-electron chi connectivity index (χ0n) is 10.1. The van der Waals surface area contributed by atoms with Gasteiger partial charge in [-0.05, 0) is 30.3 Å². The summed E-state index contributed by atoms with van der Waals surface area (Å²) in [6, 6.07) is 10.4. The summed E-state index contributed by atoms with van der Waals surface area (Å²) in [6.45, 7) is 0. The van der Waals surface area contributed by atoms with Gasteiger partial charge in [0.1, 0.15) is 5.75 Å². The number of fused-ring (bicyclic) bond motifs is 1. The highest BCUT2D eigenvalue weighted by molar-refractivity contribution is 8.04. The normalized spacial score (nSPS) is 15.7. The number of thioether (sulfide) groups is 1. The number of allylic oxidation sites excluding steroid dienone is 1. The van der Waals surface area contributed by atoms with E-state index in [1.807, 2.05) is 18.2 Å². The number of aromatic hydroxyl groups is 1. The monoisotopic (exact) mass is 322 g/mol. The van der Waals surface area contributed by atoms with Gasteiger partial charge >= 0.3 is 0 Å². The van der Waals surface area contributed by atoms with Crippen LogP contribution in [0.4, 0.5) is 0 Å². The minimum absolute atomic E-state index is 0.0545. The van der Waals surface area contributed by atoms with E-state index in [0.29, 0.717) is 21.1 Å². The van der Waals surface area contributed by atoms with Gasteiger partial charge in [0.05, 0.1) is 9.93 Å². The van der Waals surface area contributed by atoms with Crippen molar-refractivity contribution in [3.05, 3.63) is 62.5 Å². The first-order chi connectivity index (χ1) is 9.56. The zero-order valence-corrected chi connectivity index (χ0v) is 12.4. The van der Waals surface area contributed by atoms with Crippen LogP contribution in [0.5, 0.6) is 5.75 Å². The number of carbonyl (C=O) groups excluding carboxylic acids is 1. The number of halogens is 2. The fraction of sp³-hybridized carbons (Fsp3) is 0. The van der Waals surface area contributed by atoms with Crippen LogP contribution in [0.15, 0.2) is 46.2 Å². The summed E-state index contributed by atoms with van der Waals surface area (Å²) in [7, 11) is 0. The molecule has 0 spiro atoms. The summed E-state index contributed by atoms with van der Waals surface area (Å²) in [5, 5.41) is 10.5. The van der Waals surface area contributed by atoms with Crippen molar-refractivity contribution in [3.63, 3.8) is 0 Å². The van der Waals surface area contributed by atoms with Gasteiger partial charge in [0.2, 0.25) is 5.78 Å². The lowest BCUT2D eigenvalue weighted by atomic mass is 10.1. The second-order valence-corrected chi connectivity index (χ2v) is 6.19. The number of rotatable bonds is 1. The van der Waals surface area contributed by atoms with Crippen molar-refractivity contribution in [1.29, 1.82) is 0 Å². The van der Waals surface area contributed by atoms with Crippen LogP contribution in [-0.2, 0) is 0 Å². The van der Waals surface area contributed by atoms with Crippen molar-refractivity contribution in [2.24, 2.45) is 0 Å². The van der Waals surface area contributed by atoms with Crippen LogP contribution in [0.3, 0.4) is 0 Å². The lowest BCUT2D eigenvalue weighted by molar-refractivity contribution is 0.104. The van der Waals surface area contributed by atoms with E-state index in [0.717, 1.165) is 4.90 Å². The van der Waals surface area contributed by atoms with Gasteiger partial charge in [0.25, 0.3) is 0 Å². The Morgan fingerprint density at radius 3 is 2.65 bits per heavy atom. The third-order valence-corrected chi connectivity index (χ3v) is 4.53. The molecule has 0 saturated heterocycles. The molecule has 0 atom stereocenters. The zero-order chi connectivity index (χ0) is 14.3. The molecule has 0 unspecified atom stereocenters. The van der Waals surface area contributed by atoms with Crippen LogP contribution >= 0.6 is 35.0 Å². The summed E-state index contributed by atoms with van der Waals surface area (Å²) < 4.78 is 0. The molecule has 2 nitrogen and oxygen atoms in total. The summed E-state index contributed by atoms with van der Waals surface area (Å²) in [6.07, 6.45) is 1.61. The Labute approximate surface area is 130 Å². The molecule has 5 heteroatoms. The fourth-order valence-electron chi connectivity index (χ4n) is 1.97. The average molecular weight is 323 g/mol. The Morgan fingerprint density at radius 2 is 1.90 bits per heavy atom. The summed E-state index contributed by atoms with van der Waals surface area (Å²) in [5.41, 5.74) is 1.11. The first-order valence-electron chi connectivity index (χ1n) is 5.77. The molecule has 100 valence electrons. The molecule has 0 aromatic heterocycles. The van der Waals surface area contributed by atoms with Crippen LogP contribution in [0.25, 0.3) is 6.08 Å². The quantitative estimate of drug-likeness (QED) is 0.748. The van der Waals surface area contributed by atoms with Crippen molar-refractivity contribution in [2.45, 2.75) is 4.90 Å². The van der Waals surface area contributed by atoms with Crippen LogP contribution in [0.1, 0.15) is 15.9 Å². The van der Waals surface area contributed by atoms with E-state index in [1.54, 1.807) is 18.2 Å². The number of Topliss-reactive ketones (excluding diaryl/α,β-unsaturated/α-hetero) is 1. The number of carbonyl (C=O) groups is 1. The van der Waals surface area contributed by atoms with Crippen LogP contribution in [0, 0.1) is 0 Å².